The van der Waals surface area contributed by atoms with Gasteiger partial charge in [0.05, 0.1) is 31.0 Å². The molecule has 0 unspecified atom stereocenters. The number of fused-ring (bicyclic) bond motifs is 1. The number of hydrogen-bond acceptors (Lipinski definition) is 6. The Hall–Kier alpha value is -3.68. The summed E-state index contributed by atoms with van der Waals surface area (Å²) in [5.41, 5.74) is 5.23. The topological polar surface area (TPSA) is 76.8 Å². The average molecular weight is 486 g/mol. The Morgan fingerprint density at radius 1 is 1.11 bits per heavy atom. The summed E-state index contributed by atoms with van der Waals surface area (Å²) in [4.78, 5) is 19.6. The maximum atomic E-state index is 12.6. The van der Waals surface area contributed by atoms with Gasteiger partial charge in [-0.25, -0.2) is 0 Å². The molecule has 1 aliphatic heterocycles. The number of morpholine rings is 1. The van der Waals surface area contributed by atoms with Gasteiger partial charge in [0.25, 0.3) is 5.91 Å². The summed E-state index contributed by atoms with van der Waals surface area (Å²) >= 11 is 0. The molecule has 1 aliphatic rings. The highest BCUT2D eigenvalue weighted by Crippen LogP contribution is 2.33. The smallest absolute Gasteiger partial charge is 0.258 e. The van der Waals surface area contributed by atoms with Crippen molar-refractivity contribution in [2.45, 2.75) is 26.4 Å². The number of aryl methyl sites for hydroxylation is 1. The zero-order valence-electron chi connectivity index (χ0n) is 20.7. The standard InChI is InChI=1S/C29H31N3O4/c1-20-16-25(24-6-3-4-7-26(24)30-20)22-9-10-28(23(17-22)18-32-11-14-34-15-12-32)36-19-29(33)31-21(2)27-8-5-13-35-27/h3-10,13,16-17,21H,11-12,14-15,18-19H2,1-2H3,(H,31,33)/t21-/m1/s1. The van der Waals surface area contributed by atoms with E-state index in [-0.39, 0.29) is 18.6 Å². The number of amides is 1. The molecule has 0 spiro atoms. The molecule has 3 heterocycles. The molecule has 1 amide bonds. The zero-order chi connectivity index (χ0) is 24.9. The fourth-order valence-electron chi connectivity index (χ4n) is 4.59. The molecule has 186 valence electrons. The molecule has 5 rings (SSSR count). The summed E-state index contributed by atoms with van der Waals surface area (Å²) in [6.07, 6.45) is 1.60. The van der Waals surface area contributed by atoms with Crippen LogP contribution in [0.5, 0.6) is 5.75 Å². The third-order valence-corrected chi connectivity index (χ3v) is 6.42. The van der Waals surface area contributed by atoms with Gasteiger partial charge in [0.1, 0.15) is 11.5 Å². The summed E-state index contributed by atoms with van der Waals surface area (Å²) in [5, 5.41) is 4.04. The number of carbonyl (C=O) groups excluding carboxylic acids is 1. The molecule has 7 heteroatoms. The number of nitrogens with zero attached hydrogens (tertiary/aromatic N) is 2. The van der Waals surface area contributed by atoms with Crippen molar-refractivity contribution in [2.24, 2.45) is 0 Å². The number of nitrogens with one attached hydrogen (secondary N) is 1. The SMILES string of the molecule is Cc1cc(-c2ccc(OCC(=O)N[C@H](C)c3ccco3)c(CN3CCOCC3)c2)c2ccccc2n1. The number of para-hydroxylation sites is 1. The molecule has 4 aromatic rings. The first kappa shape index (κ1) is 24.0. The van der Waals surface area contributed by atoms with E-state index in [0.29, 0.717) is 11.5 Å². The van der Waals surface area contributed by atoms with Crippen molar-refractivity contribution in [1.29, 1.82) is 0 Å². The van der Waals surface area contributed by atoms with Crippen molar-refractivity contribution in [3.63, 3.8) is 0 Å². The van der Waals surface area contributed by atoms with E-state index in [4.69, 9.17) is 13.9 Å². The van der Waals surface area contributed by atoms with E-state index >= 15 is 0 Å². The minimum absolute atomic E-state index is 0.0716. The molecule has 1 atom stereocenters. The number of hydrogen-bond donors (Lipinski definition) is 1. The van der Waals surface area contributed by atoms with Gasteiger partial charge in [-0.1, -0.05) is 24.3 Å². The number of carbonyl (C=O) groups is 1. The lowest BCUT2D eigenvalue weighted by molar-refractivity contribution is -0.123. The monoisotopic (exact) mass is 485 g/mol. The molecule has 36 heavy (non-hydrogen) atoms. The molecular weight excluding hydrogens is 454 g/mol. The van der Waals surface area contributed by atoms with Crippen LogP contribution in [-0.4, -0.2) is 48.7 Å². The number of aromatic nitrogens is 1. The van der Waals surface area contributed by atoms with E-state index in [0.717, 1.165) is 66.1 Å². The first-order chi connectivity index (χ1) is 17.6. The molecule has 0 radical (unpaired) electrons. The highest BCUT2D eigenvalue weighted by molar-refractivity contribution is 5.94. The van der Waals surface area contributed by atoms with Crippen molar-refractivity contribution in [2.75, 3.05) is 32.9 Å². The van der Waals surface area contributed by atoms with Crippen LogP contribution in [0.1, 0.15) is 30.0 Å². The minimum atomic E-state index is -0.227. The summed E-state index contributed by atoms with van der Waals surface area (Å²) in [6, 6.07) is 19.9. The van der Waals surface area contributed by atoms with Crippen LogP contribution < -0.4 is 10.1 Å². The van der Waals surface area contributed by atoms with Gasteiger partial charge in [-0.2, -0.15) is 0 Å². The first-order valence-electron chi connectivity index (χ1n) is 12.3. The molecule has 0 aliphatic carbocycles. The highest BCUT2D eigenvalue weighted by Gasteiger charge is 2.17. The predicted molar refractivity (Wildman–Crippen MR) is 139 cm³/mol. The third-order valence-electron chi connectivity index (χ3n) is 6.42. The Balaban J connectivity index is 1.40. The van der Waals surface area contributed by atoms with Crippen molar-refractivity contribution in [1.82, 2.24) is 15.2 Å². The molecule has 2 aromatic heterocycles. The second-order valence-corrected chi connectivity index (χ2v) is 9.13. The van der Waals surface area contributed by atoms with Gasteiger partial charge >= 0.3 is 0 Å². The second kappa shape index (κ2) is 10.9. The van der Waals surface area contributed by atoms with Gasteiger partial charge < -0.3 is 19.2 Å². The Labute approximate surface area is 211 Å². The van der Waals surface area contributed by atoms with Gasteiger partial charge in [-0.15, -0.1) is 0 Å². The fraction of sp³-hybridized carbons (Fsp3) is 0.310. The van der Waals surface area contributed by atoms with Crippen LogP contribution in [-0.2, 0) is 16.1 Å². The van der Waals surface area contributed by atoms with E-state index in [1.165, 1.54) is 0 Å². The molecule has 0 bridgehead atoms. The normalized spacial score (nSPS) is 15.1. The number of rotatable bonds is 8. The van der Waals surface area contributed by atoms with Crippen LogP contribution in [0.4, 0.5) is 0 Å². The van der Waals surface area contributed by atoms with Gasteiger partial charge in [-0.3, -0.25) is 14.7 Å². The minimum Gasteiger partial charge on any atom is -0.483 e. The average Bonchev–Trinajstić information content (AvgIpc) is 3.43. The highest BCUT2D eigenvalue weighted by atomic mass is 16.5. The van der Waals surface area contributed by atoms with Crippen LogP contribution in [0.15, 0.2) is 71.3 Å². The number of ether oxygens (including phenoxy) is 2. The Morgan fingerprint density at radius 3 is 2.75 bits per heavy atom. The lowest BCUT2D eigenvalue weighted by Crippen LogP contribution is -2.36. The molecular formula is C29H31N3O4. The van der Waals surface area contributed by atoms with Crippen LogP contribution in [0.25, 0.3) is 22.0 Å². The quantitative estimate of drug-likeness (QED) is 0.383. The predicted octanol–water partition coefficient (Wildman–Crippen LogP) is 4.89. The van der Waals surface area contributed by atoms with E-state index in [2.05, 4.69) is 39.5 Å². The number of furan rings is 1. The Bertz CT molecular complexity index is 1330. The summed E-state index contributed by atoms with van der Waals surface area (Å²) < 4.78 is 17.0. The van der Waals surface area contributed by atoms with Gasteiger partial charge in [0.2, 0.25) is 0 Å². The van der Waals surface area contributed by atoms with Gasteiger partial charge in [0.15, 0.2) is 6.61 Å². The van der Waals surface area contributed by atoms with Crippen LogP contribution >= 0.6 is 0 Å². The fourth-order valence-corrected chi connectivity index (χ4v) is 4.59. The molecule has 2 aromatic carbocycles. The van der Waals surface area contributed by atoms with E-state index in [1.54, 1.807) is 12.3 Å². The van der Waals surface area contributed by atoms with Crippen LogP contribution in [0, 0.1) is 6.92 Å². The van der Waals surface area contributed by atoms with Crippen molar-refractivity contribution in [3.05, 3.63) is 83.9 Å². The lowest BCUT2D eigenvalue weighted by atomic mass is 9.98. The third kappa shape index (κ3) is 5.58. The van der Waals surface area contributed by atoms with Crippen molar-refractivity contribution >= 4 is 16.8 Å². The largest absolute Gasteiger partial charge is 0.483 e. The van der Waals surface area contributed by atoms with Crippen molar-refractivity contribution < 1.29 is 18.7 Å². The second-order valence-electron chi connectivity index (χ2n) is 9.13. The molecule has 0 saturated carbocycles. The maximum absolute atomic E-state index is 12.6. The molecule has 1 saturated heterocycles. The Kier molecular flexibility index (Phi) is 7.30. The van der Waals surface area contributed by atoms with E-state index in [1.807, 2.05) is 44.2 Å². The summed E-state index contributed by atoms with van der Waals surface area (Å²) in [7, 11) is 0. The van der Waals surface area contributed by atoms with Gasteiger partial charge in [-0.05, 0) is 61.4 Å². The Morgan fingerprint density at radius 2 is 1.94 bits per heavy atom. The molecule has 1 fully saturated rings. The van der Waals surface area contributed by atoms with Crippen LogP contribution in [0.2, 0.25) is 0 Å². The summed E-state index contributed by atoms with van der Waals surface area (Å²) in [5.74, 6) is 1.22. The zero-order valence-corrected chi connectivity index (χ0v) is 20.7. The van der Waals surface area contributed by atoms with E-state index < -0.39 is 0 Å². The van der Waals surface area contributed by atoms with E-state index in [9.17, 15) is 4.79 Å². The maximum Gasteiger partial charge on any atom is 0.258 e. The molecule has 7 nitrogen and oxygen atoms in total. The first-order valence-corrected chi connectivity index (χ1v) is 12.3. The van der Waals surface area contributed by atoms with Crippen LogP contribution in [0.3, 0.4) is 0 Å². The van der Waals surface area contributed by atoms with Crippen molar-refractivity contribution in [3.8, 4) is 16.9 Å². The molecule has 1 N–H and O–H groups in total. The summed E-state index contributed by atoms with van der Waals surface area (Å²) in [6.45, 7) is 7.72. The van der Waals surface area contributed by atoms with Gasteiger partial charge in [0, 0.05) is 36.3 Å². The number of pyridine rings is 1. The lowest BCUT2D eigenvalue weighted by Gasteiger charge is -2.27. The number of benzene rings is 2.